The summed E-state index contributed by atoms with van der Waals surface area (Å²) in [4.78, 5) is 15.0. The van der Waals surface area contributed by atoms with Gasteiger partial charge in [-0.05, 0) is 30.4 Å². The molecule has 1 aliphatic heterocycles. The molecule has 4 heteroatoms. The Labute approximate surface area is 141 Å². The van der Waals surface area contributed by atoms with Crippen molar-refractivity contribution >= 4 is 11.6 Å². The quantitative estimate of drug-likeness (QED) is 0.548. The van der Waals surface area contributed by atoms with E-state index in [1.165, 1.54) is 0 Å². The fourth-order valence-corrected chi connectivity index (χ4v) is 3.76. The van der Waals surface area contributed by atoms with Gasteiger partial charge in [-0.25, -0.2) is 0 Å². The molecule has 0 saturated carbocycles. The Balaban J connectivity index is 1.81. The molecule has 1 heterocycles. The summed E-state index contributed by atoms with van der Waals surface area (Å²) in [6.07, 6.45) is 2.11. The second-order valence-corrected chi connectivity index (χ2v) is 6.70. The van der Waals surface area contributed by atoms with Crippen molar-refractivity contribution in [1.29, 1.82) is 0 Å². The van der Waals surface area contributed by atoms with Crippen molar-refractivity contribution in [3.8, 4) is 11.1 Å². The number of amides is 1. The van der Waals surface area contributed by atoms with Crippen LogP contribution >= 0.6 is 0 Å². The first-order chi connectivity index (χ1) is 11.7. The van der Waals surface area contributed by atoms with Crippen LogP contribution in [0, 0.1) is 5.92 Å². The second-order valence-electron chi connectivity index (χ2n) is 6.70. The summed E-state index contributed by atoms with van der Waals surface area (Å²) in [5.41, 5.74) is 4.81. The van der Waals surface area contributed by atoms with Crippen LogP contribution in [0.5, 0.6) is 0 Å². The first kappa shape index (κ1) is 14.9. The van der Waals surface area contributed by atoms with E-state index in [-0.39, 0.29) is 5.91 Å². The van der Waals surface area contributed by atoms with Crippen molar-refractivity contribution in [1.82, 2.24) is 4.90 Å². The van der Waals surface area contributed by atoms with Gasteiger partial charge in [0.25, 0.3) is 5.91 Å². The predicted molar refractivity (Wildman–Crippen MR) is 93.6 cm³/mol. The lowest BCUT2D eigenvalue weighted by atomic mass is 9.95. The first-order valence-electron chi connectivity index (χ1n) is 8.45. The van der Waals surface area contributed by atoms with Crippen molar-refractivity contribution < 1.29 is 10.0 Å². The van der Waals surface area contributed by atoms with E-state index < -0.39 is 0 Å². The van der Waals surface area contributed by atoms with E-state index in [0.717, 1.165) is 48.2 Å². The van der Waals surface area contributed by atoms with E-state index in [4.69, 9.17) is 0 Å². The molecule has 1 aliphatic carbocycles. The molecule has 1 amide bonds. The van der Waals surface area contributed by atoms with E-state index >= 15 is 0 Å². The molecular weight excluding hydrogens is 300 g/mol. The Hall–Kier alpha value is -2.62. The second kappa shape index (κ2) is 5.78. The largest absolute Gasteiger partial charge is 0.410 e. The molecule has 0 radical (unpaired) electrons. The van der Waals surface area contributed by atoms with Gasteiger partial charge in [-0.3, -0.25) is 4.79 Å². The van der Waals surface area contributed by atoms with Crippen molar-refractivity contribution in [3.05, 3.63) is 59.2 Å². The molecule has 0 spiro atoms. The summed E-state index contributed by atoms with van der Waals surface area (Å²) in [6.45, 7) is 3.86. The van der Waals surface area contributed by atoms with Crippen molar-refractivity contribution in [3.63, 3.8) is 0 Å². The summed E-state index contributed by atoms with van der Waals surface area (Å²) in [5, 5.41) is 12.9. The lowest BCUT2D eigenvalue weighted by Gasteiger charge is -2.30. The van der Waals surface area contributed by atoms with Crippen LogP contribution in [0.15, 0.2) is 47.6 Å². The van der Waals surface area contributed by atoms with Crippen LogP contribution in [0.4, 0.5) is 0 Å². The molecule has 2 aliphatic rings. The molecule has 4 nitrogen and oxygen atoms in total. The number of oxime groups is 1. The topological polar surface area (TPSA) is 52.9 Å². The molecule has 1 N–H and O–H groups in total. The third kappa shape index (κ3) is 2.21. The summed E-state index contributed by atoms with van der Waals surface area (Å²) in [5.74, 6) is 0.761. The predicted octanol–water partition coefficient (Wildman–Crippen LogP) is 3.77. The van der Waals surface area contributed by atoms with Gasteiger partial charge in [0.1, 0.15) is 5.71 Å². The van der Waals surface area contributed by atoms with E-state index in [0.29, 0.717) is 17.2 Å². The smallest absolute Gasteiger partial charge is 0.254 e. The van der Waals surface area contributed by atoms with Crippen LogP contribution in [0.2, 0.25) is 0 Å². The minimum absolute atomic E-state index is 0.0766. The van der Waals surface area contributed by atoms with Crippen molar-refractivity contribution in [2.75, 3.05) is 13.1 Å². The molecule has 2 aromatic carbocycles. The zero-order valence-electron chi connectivity index (χ0n) is 13.7. The summed E-state index contributed by atoms with van der Waals surface area (Å²) in [7, 11) is 0. The maximum Gasteiger partial charge on any atom is 0.254 e. The fourth-order valence-electron chi connectivity index (χ4n) is 3.76. The maximum atomic E-state index is 13.1. The zero-order valence-corrected chi connectivity index (χ0v) is 13.7. The van der Waals surface area contributed by atoms with Gasteiger partial charge >= 0.3 is 0 Å². The van der Waals surface area contributed by atoms with Crippen LogP contribution < -0.4 is 0 Å². The summed E-state index contributed by atoms with van der Waals surface area (Å²) >= 11 is 0. The third-order valence-electron chi connectivity index (χ3n) is 5.17. The number of hydrogen-bond donors (Lipinski definition) is 1. The first-order valence-corrected chi connectivity index (χ1v) is 8.45. The van der Waals surface area contributed by atoms with E-state index in [1.807, 2.05) is 47.4 Å². The van der Waals surface area contributed by atoms with E-state index in [9.17, 15) is 10.0 Å². The van der Waals surface area contributed by atoms with Gasteiger partial charge in [0.15, 0.2) is 0 Å². The highest BCUT2D eigenvalue weighted by Gasteiger charge is 2.31. The van der Waals surface area contributed by atoms with Crippen molar-refractivity contribution in [2.24, 2.45) is 11.1 Å². The van der Waals surface area contributed by atoms with Crippen LogP contribution in [-0.2, 0) is 0 Å². The standard InChI is InChI=1S/C20H20N2O2/c1-13-9-11-22(12-10-13)20(23)17-8-4-7-16-18(17)14-5-2-3-6-15(14)19(16)21-24/h2-8,13,24H,9-12H2,1H3. The number of carbonyl (C=O) groups is 1. The minimum Gasteiger partial charge on any atom is -0.410 e. The number of nitrogens with zero attached hydrogens (tertiary/aromatic N) is 2. The van der Waals surface area contributed by atoms with E-state index in [1.54, 1.807) is 0 Å². The highest BCUT2D eigenvalue weighted by molar-refractivity contribution is 6.26. The van der Waals surface area contributed by atoms with Gasteiger partial charge in [-0.1, -0.05) is 48.5 Å². The van der Waals surface area contributed by atoms with Crippen LogP contribution in [0.3, 0.4) is 0 Å². The Morgan fingerprint density at radius 3 is 2.42 bits per heavy atom. The van der Waals surface area contributed by atoms with Gasteiger partial charge in [0.05, 0.1) is 0 Å². The molecule has 0 atom stereocenters. The molecular formula is C20H20N2O2. The highest BCUT2D eigenvalue weighted by Crippen LogP contribution is 2.39. The number of fused-ring (bicyclic) bond motifs is 3. The highest BCUT2D eigenvalue weighted by atomic mass is 16.4. The molecule has 1 fully saturated rings. The number of rotatable bonds is 1. The number of carbonyl (C=O) groups excluding carboxylic acids is 1. The summed E-state index contributed by atoms with van der Waals surface area (Å²) in [6, 6.07) is 13.5. The SMILES string of the molecule is CC1CCN(C(=O)c2cccc3c2-c2ccccc2C3=NO)CC1. The minimum atomic E-state index is 0.0766. The number of piperidine rings is 1. The number of likely N-dealkylation sites (tertiary alicyclic amines) is 1. The van der Waals surface area contributed by atoms with Gasteiger partial charge in [0.2, 0.25) is 0 Å². The Bertz CT molecular complexity index is 833. The lowest BCUT2D eigenvalue weighted by molar-refractivity contribution is 0.0698. The molecule has 0 bridgehead atoms. The van der Waals surface area contributed by atoms with Gasteiger partial charge in [-0.15, -0.1) is 0 Å². The Morgan fingerprint density at radius 1 is 1.04 bits per heavy atom. The Kier molecular flexibility index (Phi) is 3.60. The summed E-state index contributed by atoms with van der Waals surface area (Å²) < 4.78 is 0. The normalized spacial score (nSPS) is 18.5. The van der Waals surface area contributed by atoms with Crippen LogP contribution in [0.1, 0.15) is 41.3 Å². The lowest BCUT2D eigenvalue weighted by Crippen LogP contribution is -2.38. The van der Waals surface area contributed by atoms with E-state index in [2.05, 4.69) is 12.1 Å². The van der Waals surface area contributed by atoms with Gasteiger partial charge in [-0.2, -0.15) is 0 Å². The Morgan fingerprint density at radius 2 is 1.71 bits per heavy atom. The molecule has 1 saturated heterocycles. The molecule has 2 aromatic rings. The molecule has 0 unspecified atom stereocenters. The van der Waals surface area contributed by atoms with Gasteiger partial charge in [0, 0.05) is 35.3 Å². The van der Waals surface area contributed by atoms with Crippen LogP contribution in [-0.4, -0.2) is 34.8 Å². The average Bonchev–Trinajstić information content (AvgIpc) is 2.95. The number of benzene rings is 2. The fraction of sp³-hybridized carbons (Fsp3) is 0.300. The third-order valence-corrected chi connectivity index (χ3v) is 5.17. The average molecular weight is 320 g/mol. The molecule has 0 aromatic heterocycles. The monoisotopic (exact) mass is 320 g/mol. The van der Waals surface area contributed by atoms with Gasteiger partial charge < -0.3 is 10.1 Å². The van der Waals surface area contributed by atoms with Crippen molar-refractivity contribution in [2.45, 2.75) is 19.8 Å². The van der Waals surface area contributed by atoms with Crippen LogP contribution in [0.25, 0.3) is 11.1 Å². The molecule has 24 heavy (non-hydrogen) atoms. The molecule has 4 rings (SSSR count). The molecule has 122 valence electrons. The maximum absolute atomic E-state index is 13.1. The zero-order chi connectivity index (χ0) is 16.7. The number of hydrogen-bond acceptors (Lipinski definition) is 3.